The van der Waals surface area contributed by atoms with E-state index >= 15 is 0 Å². The van der Waals surface area contributed by atoms with Crippen molar-refractivity contribution in [2.45, 2.75) is 0 Å². The number of amides is 2. The van der Waals surface area contributed by atoms with Gasteiger partial charge in [-0.25, -0.2) is 4.79 Å². The van der Waals surface area contributed by atoms with Crippen LogP contribution in [-0.4, -0.2) is 46.4 Å². The number of hydrogen-bond acceptors (Lipinski definition) is 7. The normalized spacial score (nSPS) is 14.7. The molecule has 1 aliphatic rings. The molecule has 0 aromatic heterocycles. The highest BCUT2D eigenvalue weighted by atomic mass is 32.2. The first kappa shape index (κ1) is 21.3. The second-order valence-electron chi connectivity index (χ2n) is 5.89. The maximum Gasteiger partial charge on any atom is 0.340 e. The van der Waals surface area contributed by atoms with E-state index in [1.807, 2.05) is 0 Å². The van der Waals surface area contributed by atoms with Crippen LogP contribution in [0.15, 0.2) is 47.4 Å². The van der Waals surface area contributed by atoms with Crippen LogP contribution in [0.2, 0.25) is 0 Å². The van der Waals surface area contributed by atoms with Crippen LogP contribution in [0.5, 0.6) is 11.5 Å². The molecule has 0 saturated carbocycles. The lowest BCUT2D eigenvalue weighted by atomic mass is 10.0. The Morgan fingerprint density at radius 2 is 1.83 bits per heavy atom. The van der Waals surface area contributed by atoms with E-state index in [-0.39, 0.29) is 31.9 Å². The third-order valence-corrected chi connectivity index (χ3v) is 5.42. The molecule has 30 heavy (non-hydrogen) atoms. The molecule has 0 aliphatic carbocycles. The predicted molar refractivity (Wildman–Crippen MR) is 115 cm³/mol. The molecule has 0 radical (unpaired) electrons. The molecule has 2 amide bonds. The lowest BCUT2D eigenvalue weighted by Gasteiger charge is -2.15. The van der Waals surface area contributed by atoms with Gasteiger partial charge in [0.05, 0.1) is 19.1 Å². The molecule has 2 N–H and O–H groups in total. The van der Waals surface area contributed by atoms with Gasteiger partial charge >= 0.3 is 5.97 Å². The molecular weight excluding hydrogens is 428 g/mol. The molecule has 0 unspecified atom stereocenters. The molecule has 2 aromatic carbocycles. The first-order valence-corrected chi connectivity index (χ1v) is 9.72. The topological polar surface area (TPSA) is 105 Å². The van der Waals surface area contributed by atoms with Gasteiger partial charge in [0, 0.05) is 5.56 Å². The number of carboxylic acid groups (broad SMARTS) is 1. The summed E-state index contributed by atoms with van der Waals surface area (Å²) in [6, 6.07) is 11.4. The number of thiocarbonyl (C=S) groups is 1. The maximum atomic E-state index is 12.8. The monoisotopic (exact) mass is 444 g/mol. The van der Waals surface area contributed by atoms with Crippen LogP contribution in [-0.2, 0) is 4.79 Å². The average molecular weight is 444 g/mol. The highest BCUT2D eigenvalue weighted by Crippen LogP contribution is 2.37. The molecule has 0 spiro atoms. The minimum atomic E-state index is -1.25. The number of thioether (sulfide) groups is 1. The third-order valence-electron chi connectivity index (χ3n) is 4.12. The predicted octanol–water partition coefficient (Wildman–Crippen LogP) is 2.95. The van der Waals surface area contributed by atoms with Gasteiger partial charge in [-0.3, -0.25) is 15.0 Å². The van der Waals surface area contributed by atoms with Crippen molar-refractivity contribution in [3.8, 4) is 11.5 Å². The van der Waals surface area contributed by atoms with Gasteiger partial charge in [-0.2, -0.15) is 5.01 Å². The van der Waals surface area contributed by atoms with E-state index in [1.165, 1.54) is 32.4 Å². The number of carboxylic acids is 1. The number of hydrogen-bond donors (Lipinski definition) is 2. The summed E-state index contributed by atoms with van der Waals surface area (Å²) in [5.74, 6) is -2.03. The summed E-state index contributed by atoms with van der Waals surface area (Å²) in [4.78, 5) is 37.1. The highest BCUT2D eigenvalue weighted by molar-refractivity contribution is 8.26. The second-order valence-corrected chi connectivity index (χ2v) is 7.57. The molecule has 0 bridgehead atoms. The van der Waals surface area contributed by atoms with E-state index in [9.17, 15) is 19.5 Å². The summed E-state index contributed by atoms with van der Waals surface area (Å²) in [6.07, 6.45) is 1.39. The Morgan fingerprint density at radius 1 is 1.13 bits per heavy atom. The van der Waals surface area contributed by atoms with Crippen LogP contribution >= 0.6 is 24.0 Å². The van der Waals surface area contributed by atoms with Crippen LogP contribution in [0, 0.1) is 0 Å². The highest BCUT2D eigenvalue weighted by Gasteiger charge is 2.34. The van der Waals surface area contributed by atoms with E-state index in [0.29, 0.717) is 5.56 Å². The number of carbonyl (C=O) groups excluding carboxylic acids is 2. The number of aromatic carboxylic acids is 1. The van der Waals surface area contributed by atoms with Gasteiger partial charge < -0.3 is 14.6 Å². The van der Waals surface area contributed by atoms with Crippen LogP contribution in [0.1, 0.15) is 26.3 Å². The lowest BCUT2D eigenvalue weighted by molar-refractivity contribution is -0.123. The zero-order valence-corrected chi connectivity index (χ0v) is 17.5. The fourth-order valence-electron chi connectivity index (χ4n) is 2.74. The SMILES string of the molecule is COc1ccc(/C=C2/SC(=S)N(NC(=O)c3ccccc3)C2=O)c(C(=O)O)c1OC. The third kappa shape index (κ3) is 4.14. The maximum absolute atomic E-state index is 12.8. The number of rotatable bonds is 6. The molecule has 10 heteroatoms. The van der Waals surface area contributed by atoms with Crippen LogP contribution in [0.3, 0.4) is 0 Å². The smallest absolute Gasteiger partial charge is 0.340 e. The molecule has 1 fully saturated rings. The van der Waals surface area contributed by atoms with E-state index in [4.69, 9.17) is 21.7 Å². The zero-order chi connectivity index (χ0) is 21.8. The van der Waals surface area contributed by atoms with E-state index < -0.39 is 17.8 Å². The Balaban J connectivity index is 1.92. The number of nitrogens with one attached hydrogen (secondary N) is 1. The fourth-order valence-corrected chi connectivity index (χ4v) is 3.91. The van der Waals surface area contributed by atoms with Crippen molar-refractivity contribution in [2.24, 2.45) is 0 Å². The van der Waals surface area contributed by atoms with Crippen molar-refractivity contribution in [2.75, 3.05) is 14.2 Å². The first-order valence-electron chi connectivity index (χ1n) is 8.49. The molecule has 2 aromatic rings. The molecule has 1 saturated heterocycles. The average Bonchev–Trinajstić information content (AvgIpc) is 3.00. The number of hydrazine groups is 1. The second kappa shape index (κ2) is 8.97. The molecule has 0 atom stereocenters. The Hall–Kier alpha value is -3.37. The number of benzene rings is 2. The van der Waals surface area contributed by atoms with Gasteiger partial charge in [0.1, 0.15) is 5.56 Å². The van der Waals surface area contributed by atoms with Crippen molar-refractivity contribution < 1.29 is 29.0 Å². The van der Waals surface area contributed by atoms with Crippen molar-refractivity contribution >= 4 is 52.2 Å². The van der Waals surface area contributed by atoms with Gasteiger partial charge in [-0.1, -0.05) is 36.0 Å². The molecule has 3 rings (SSSR count). The van der Waals surface area contributed by atoms with Crippen LogP contribution < -0.4 is 14.9 Å². The van der Waals surface area contributed by atoms with E-state index in [2.05, 4.69) is 5.43 Å². The van der Waals surface area contributed by atoms with E-state index in [0.717, 1.165) is 16.8 Å². The quantitative estimate of drug-likeness (QED) is 0.518. The Labute approximate surface area is 181 Å². The minimum Gasteiger partial charge on any atom is -0.493 e. The number of ether oxygens (including phenoxy) is 2. The van der Waals surface area contributed by atoms with Gasteiger partial charge in [0.25, 0.3) is 11.8 Å². The summed E-state index contributed by atoms with van der Waals surface area (Å²) < 4.78 is 10.4. The number of carbonyl (C=O) groups is 3. The minimum absolute atomic E-state index is 0.0339. The van der Waals surface area contributed by atoms with Crippen molar-refractivity contribution in [1.82, 2.24) is 10.4 Å². The van der Waals surface area contributed by atoms with Crippen LogP contribution in [0.4, 0.5) is 0 Å². The first-order chi connectivity index (χ1) is 14.4. The fraction of sp³-hybridized carbons (Fsp3) is 0.100. The van der Waals surface area contributed by atoms with Gasteiger partial charge in [-0.05, 0) is 42.1 Å². The summed E-state index contributed by atoms with van der Waals surface area (Å²) >= 11 is 6.15. The Bertz CT molecular complexity index is 1070. The summed E-state index contributed by atoms with van der Waals surface area (Å²) in [7, 11) is 2.72. The Kier molecular flexibility index (Phi) is 6.38. The molecular formula is C20H16N2O6S2. The molecule has 1 aliphatic heterocycles. The summed E-state index contributed by atoms with van der Waals surface area (Å²) in [5, 5.41) is 10.6. The summed E-state index contributed by atoms with van der Waals surface area (Å²) in [5.41, 5.74) is 2.91. The number of methoxy groups -OCH3 is 2. The van der Waals surface area contributed by atoms with Crippen molar-refractivity contribution in [1.29, 1.82) is 0 Å². The van der Waals surface area contributed by atoms with Crippen molar-refractivity contribution in [3.05, 3.63) is 64.1 Å². The molecule has 154 valence electrons. The van der Waals surface area contributed by atoms with Crippen molar-refractivity contribution in [3.63, 3.8) is 0 Å². The van der Waals surface area contributed by atoms with Gasteiger partial charge in [0.2, 0.25) is 0 Å². The summed E-state index contributed by atoms with van der Waals surface area (Å²) in [6.45, 7) is 0. The lowest BCUT2D eigenvalue weighted by Crippen LogP contribution is -2.44. The van der Waals surface area contributed by atoms with E-state index in [1.54, 1.807) is 30.3 Å². The van der Waals surface area contributed by atoms with Crippen LogP contribution in [0.25, 0.3) is 6.08 Å². The standard InChI is InChI=1S/C20H16N2O6S2/c1-27-13-9-8-12(15(19(25)26)16(13)28-2)10-14-18(24)22(20(29)30-14)21-17(23)11-6-4-3-5-7-11/h3-10H,1-2H3,(H,21,23)(H,25,26)/b14-10+. The number of nitrogens with zero attached hydrogens (tertiary/aromatic N) is 1. The zero-order valence-electron chi connectivity index (χ0n) is 15.9. The Morgan fingerprint density at radius 3 is 2.43 bits per heavy atom. The molecule has 8 nitrogen and oxygen atoms in total. The molecule has 1 heterocycles. The largest absolute Gasteiger partial charge is 0.493 e. The van der Waals surface area contributed by atoms with Gasteiger partial charge in [0.15, 0.2) is 15.8 Å². The van der Waals surface area contributed by atoms with Gasteiger partial charge in [-0.15, -0.1) is 0 Å².